The van der Waals surface area contributed by atoms with Gasteiger partial charge in [0, 0.05) is 31.2 Å². The number of likely N-dealkylation sites (tertiary alicyclic amines) is 1. The number of amides is 1. The molecule has 0 aliphatic carbocycles. The van der Waals surface area contributed by atoms with Crippen molar-refractivity contribution in [3.8, 4) is 0 Å². The lowest BCUT2D eigenvalue weighted by molar-refractivity contribution is 0.0743. The summed E-state index contributed by atoms with van der Waals surface area (Å²) >= 11 is 0. The van der Waals surface area contributed by atoms with Crippen molar-refractivity contribution < 1.29 is 4.79 Å². The van der Waals surface area contributed by atoms with Gasteiger partial charge in [0.05, 0.1) is 5.56 Å². The molecule has 7 heteroatoms. The summed E-state index contributed by atoms with van der Waals surface area (Å²) in [5.74, 6) is 0.509. The zero-order chi connectivity index (χ0) is 13.4. The predicted molar refractivity (Wildman–Crippen MR) is 87.3 cm³/mol. The maximum Gasteiger partial charge on any atom is 0.255 e. The molecule has 3 heterocycles. The van der Waals surface area contributed by atoms with Crippen LogP contribution in [0.15, 0.2) is 30.7 Å². The fraction of sp³-hybridized carbons (Fsp3) is 0.429. The van der Waals surface area contributed by atoms with E-state index in [9.17, 15) is 4.79 Å². The number of rotatable bonds is 2. The highest BCUT2D eigenvalue weighted by atomic mass is 35.5. The van der Waals surface area contributed by atoms with Crippen molar-refractivity contribution >= 4 is 36.4 Å². The highest BCUT2D eigenvalue weighted by Gasteiger charge is 2.32. The molecular weight excluding hydrogens is 311 g/mol. The maximum atomic E-state index is 12.5. The molecule has 0 bridgehead atoms. The molecule has 2 unspecified atom stereocenters. The van der Waals surface area contributed by atoms with Gasteiger partial charge in [0.2, 0.25) is 0 Å². The van der Waals surface area contributed by atoms with Gasteiger partial charge in [-0.05, 0) is 37.9 Å². The standard InChI is InChI=1S/C14H18N4O.2ClH/c1-10-6-11(7-15)8-18(10)14(19)12-2-3-13-16-4-5-17(13)9-12;;/h2-5,9-11H,6-8,15H2,1H3;2*1H. The van der Waals surface area contributed by atoms with E-state index in [0.717, 1.165) is 18.6 Å². The van der Waals surface area contributed by atoms with Crippen molar-refractivity contribution in [1.82, 2.24) is 14.3 Å². The molecule has 1 saturated heterocycles. The summed E-state index contributed by atoms with van der Waals surface area (Å²) in [6.45, 7) is 3.50. The molecule has 1 fully saturated rings. The normalized spacial score (nSPS) is 21.0. The van der Waals surface area contributed by atoms with Crippen LogP contribution in [-0.4, -0.2) is 39.3 Å². The van der Waals surface area contributed by atoms with E-state index in [2.05, 4.69) is 11.9 Å². The maximum absolute atomic E-state index is 12.5. The van der Waals surface area contributed by atoms with Crippen LogP contribution < -0.4 is 5.73 Å². The first-order chi connectivity index (χ1) is 9.19. The van der Waals surface area contributed by atoms with Crippen molar-refractivity contribution in [2.45, 2.75) is 19.4 Å². The van der Waals surface area contributed by atoms with E-state index in [0.29, 0.717) is 18.0 Å². The molecule has 0 radical (unpaired) electrons. The number of imidazole rings is 1. The second-order valence-electron chi connectivity index (χ2n) is 5.25. The van der Waals surface area contributed by atoms with Gasteiger partial charge in [-0.1, -0.05) is 0 Å². The van der Waals surface area contributed by atoms with Gasteiger partial charge in [-0.2, -0.15) is 0 Å². The number of nitrogens with two attached hydrogens (primary N) is 1. The van der Waals surface area contributed by atoms with Gasteiger partial charge >= 0.3 is 0 Å². The minimum absolute atomic E-state index is 0. The van der Waals surface area contributed by atoms with E-state index in [-0.39, 0.29) is 36.8 Å². The van der Waals surface area contributed by atoms with Crippen molar-refractivity contribution in [3.05, 3.63) is 36.3 Å². The first kappa shape index (κ1) is 17.8. The number of carbonyl (C=O) groups excluding carboxylic acids is 1. The molecule has 3 rings (SSSR count). The molecule has 21 heavy (non-hydrogen) atoms. The average molecular weight is 331 g/mol. The van der Waals surface area contributed by atoms with E-state index in [4.69, 9.17) is 5.73 Å². The summed E-state index contributed by atoms with van der Waals surface area (Å²) in [6.07, 6.45) is 6.41. The summed E-state index contributed by atoms with van der Waals surface area (Å²) in [5.41, 5.74) is 7.26. The molecule has 1 aliphatic heterocycles. The number of nitrogens with zero attached hydrogens (tertiary/aromatic N) is 3. The number of carbonyl (C=O) groups is 1. The Balaban J connectivity index is 0.00000110. The summed E-state index contributed by atoms with van der Waals surface area (Å²) in [4.78, 5) is 18.6. The molecule has 0 spiro atoms. The lowest BCUT2D eigenvalue weighted by Gasteiger charge is -2.21. The number of aromatic nitrogens is 2. The fourth-order valence-corrected chi connectivity index (χ4v) is 2.81. The monoisotopic (exact) mass is 330 g/mol. The molecule has 1 aliphatic rings. The Kier molecular flexibility index (Phi) is 6.01. The molecule has 1 amide bonds. The highest BCUT2D eigenvalue weighted by Crippen LogP contribution is 2.24. The molecule has 2 aromatic rings. The molecule has 2 N–H and O–H groups in total. The second-order valence-corrected chi connectivity index (χ2v) is 5.25. The number of hydrogen-bond acceptors (Lipinski definition) is 3. The van der Waals surface area contributed by atoms with Gasteiger partial charge in [0.15, 0.2) is 0 Å². The van der Waals surface area contributed by atoms with Crippen LogP contribution in [0, 0.1) is 5.92 Å². The van der Waals surface area contributed by atoms with Crippen LogP contribution in [0.2, 0.25) is 0 Å². The van der Waals surface area contributed by atoms with Gasteiger partial charge in [0.25, 0.3) is 5.91 Å². The van der Waals surface area contributed by atoms with Gasteiger partial charge in [-0.15, -0.1) is 24.8 Å². The van der Waals surface area contributed by atoms with Gasteiger partial charge in [0.1, 0.15) is 5.65 Å². The van der Waals surface area contributed by atoms with Gasteiger partial charge < -0.3 is 15.0 Å². The Bertz CT molecular complexity index is 616. The zero-order valence-corrected chi connectivity index (χ0v) is 13.4. The Hall–Kier alpha value is -1.30. The van der Waals surface area contributed by atoms with Crippen molar-refractivity contribution in [1.29, 1.82) is 0 Å². The van der Waals surface area contributed by atoms with Crippen LogP contribution in [0.25, 0.3) is 5.65 Å². The van der Waals surface area contributed by atoms with Crippen LogP contribution in [0.4, 0.5) is 0 Å². The van der Waals surface area contributed by atoms with E-state index >= 15 is 0 Å². The van der Waals surface area contributed by atoms with Gasteiger partial charge in [-0.25, -0.2) is 4.98 Å². The van der Waals surface area contributed by atoms with Crippen molar-refractivity contribution in [2.75, 3.05) is 13.1 Å². The molecular formula is C14H20Cl2N4O. The third-order valence-corrected chi connectivity index (χ3v) is 3.89. The van der Waals surface area contributed by atoms with E-state index in [1.54, 1.807) is 6.20 Å². The SMILES string of the molecule is CC1CC(CN)CN1C(=O)c1ccc2nccn2c1.Cl.Cl. The number of fused-ring (bicyclic) bond motifs is 1. The third kappa shape index (κ3) is 3.31. The minimum atomic E-state index is 0. The fourth-order valence-electron chi connectivity index (χ4n) is 2.81. The lowest BCUT2D eigenvalue weighted by atomic mass is 10.1. The summed E-state index contributed by atoms with van der Waals surface area (Å²) in [6, 6.07) is 3.97. The average Bonchev–Trinajstić information content (AvgIpc) is 3.02. The van der Waals surface area contributed by atoms with E-state index in [1.807, 2.05) is 33.8 Å². The lowest BCUT2D eigenvalue weighted by Crippen LogP contribution is -2.34. The van der Waals surface area contributed by atoms with Crippen LogP contribution in [0.1, 0.15) is 23.7 Å². The summed E-state index contributed by atoms with van der Waals surface area (Å²) in [5, 5.41) is 0. The van der Waals surface area contributed by atoms with E-state index < -0.39 is 0 Å². The predicted octanol–water partition coefficient (Wildman–Crippen LogP) is 1.99. The molecule has 5 nitrogen and oxygen atoms in total. The highest BCUT2D eigenvalue weighted by molar-refractivity contribution is 5.94. The Labute approximate surface area is 136 Å². The van der Waals surface area contributed by atoms with Crippen molar-refractivity contribution in [2.24, 2.45) is 11.7 Å². The molecule has 2 atom stereocenters. The van der Waals surface area contributed by atoms with E-state index in [1.165, 1.54) is 0 Å². The largest absolute Gasteiger partial charge is 0.336 e. The quantitative estimate of drug-likeness (QED) is 0.915. The minimum Gasteiger partial charge on any atom is -0.336 e. The Morgan fingerprint density at radius 2 is 2.19 bits per heavy atom. The first-order valence-electron chi connectivity index (χ1n) is 6.63. The first-order valence-corrected chi connectivity index (χ1v) is 6.63. The topological polar surface area (TPSA) is 63.6 Å². The summed E-state index contributed by atoms with van der Waals surface area (Å²) < 4.78 is 1.87. The molecule has 116 valence electrons. The smallest absolute Gasteiger partial charge is 0.255 e. The molecule has 0 aromatic carbocycles. The molecule has 0 saturated carbocycles. The van der Waals surface area contributed by atoms with Crippen LogP contribution >= 0.6 is 24.8 Å². The van der Waals surface area contributed by atoms with Crippen molar-refractivity contribution in [3.63, 3.8) is 0 Å². The summed E-state index contributed by atoms with van der Waals surface area (Å²) in [7, 11) is 0. The zero-order valence-electron chi connectivity index (χ0n) is 11.8. The Morgan fingerprint density at radius 1 is 1.43 bits per heavy atom. The number of pyridine rings is 1. The second kappa shape index (κ2) is 7.11. The Morgan fingerprint density at radius 3 is 2.86 bits per heavy atom. The number of halogens is 2. The molecule has 2 aromatic heterocycles. The van der Waals surface area contributed by atoms with Gasteiger partial charge in [-0.3, -0.25) is 4.79 Å². The third-order valence-electron chi connectivity index (χ3n) is 3.89. The van der Waals surface area contributed by atoms with Crippen LogP contribution in [0.3, 0.4) is 0 Å². The van der Waals surface area contributed by atoms with Crippen LogP contribution in [-0.2, 0) is 0 Å². The van der Waals surface area contributed by atoms with Crippen LogP contribution in [0.5, 0.6) is 0 Å². The number of hydrogen-bond donors (Lipinski definition) is 1.